The fourth-order valence-electron chi connectivity index (χ4n) is 2.11. The molecule has 0 aliphatic rings. The van der Waals surface area contributed by atoms with Crippen molar-refractivity contribution in [1.82, 2.24) is 0 Å². The van der Waals surface area contributed by atoms with Gasteiger partial charge in [0, 0.05) is 11.6 Å². The Morgan fingerprint density at radius 1 is 1.17 bits per heavy atom. The van der Waals surface area contributed by atoms with Gasteiger partial charge in [0.2, 0.25) is 0 Å². The number of ether oxygens (including phenoxy) is 2. The van der Waals surface area contributed by atoms with Crippen LogP contribution in [0, 0.1) is 6.92 Å². The molecule has 0 aliphatic heterocycles. The summed E-state index contributed by atoms with van der Waals surface area (Å²) in [5, 5.41) is 9.30. The molecule has 23 heavy (non-hydrogen) atoms. The number of hydrogen-bond acceptors (Lipinski definition) is 4. The lowest BCUT2D eigenvalue weighted by Crippen LogP contribution is -2.10. The number of esters is 1. The smallest absolute Gasteiger partial charge is 0.330 e. The third kappa shape index (κ3) is 4.69. The van der Waals surface area contributed by atoms with Crippen molar-refractivity contribution in [2.45, 2.75) is 13.5 Å². The molecule has 0 heterocycles. The van der Waals surface area contributed by atoms with Gasteiger partial charge >= 0.3 is 5.97 Å². The predicted molar refractivity (Wildman–Crippen MR) is 89.2 cm³/mol. The Balaban J connectivity index is 2.16. The van der Waals surface area contributed by atoms with Crippen LogP contribution >= 0.6 is 0 Å². The summed E-state index contributed by atoms with van der Waals surface area (Å²) in [6, 6.07) is 13.7. The van der Waals surface area contributed by atoms with Crippen molar-refractivity contribution in [2.75, 3.05) is 13.2 Å². The van der Waals surface area contributed by atoms with Crippen LogP contribution in [-0.2, 0) is 16.1 Å². The van der Waals surface area contributed by atoms with Gasteiger partial charge in [0.05, 0.1) is 6.61 Å². The van der Waals surface area contributed by atoms with Gasteiger partial charge in [-0.3, -0.25) is 0 Å². The summed E-state index contributed by atoms with van der Waals surface area (Å²) in [7, 11) is 0. The summed E-state index contributed by atoms with van der Waals surface area (Å²) in [6.07, 6.45) is 1.12. The minimum atomic E-state index is -0.475. The molecule has 120 valence electrons. The van der Waals surface area contributed by atoms with Crippen LogP contribution in [-0.4, -0.2) is 24.3 Å². The lowest BCUT2D eigenvalue weighted by molar-refractivity contribution is -0.138. The molecule has 4 heteroatoms. The van der Waals surface area contributed by atoms with E-state index in [1.165, 1.54) is 5.56 Å². The van der Waals surface area contributed by atoms with Crippen molar-refractivity contribution in [3.05, 3.63) is 66.2 Å². The van der Waals surface area contributed by atoms with Crippen LogP contribution in [0.4, 0.5) is 0 Å². The standard InChI is InChI=1S/C19H20O4/c1-3-19(21)23-11-10-22-18-12-15(13-20)6-9-17(18)16-7-4-14(2)5-8-16/h3-9,12,20H,1,10-11,13H2,2H3. The molecule has 2 aromatic carbocycles. The zero-order valence-corrected chi connectivity index (χ0v) is 13.1. The highest BCUT2D eigenvalue weighted by Crippen LogP contribution is 2.31. The number of carbonyl (C=O) groups excluding carboxylic acids is 1. The largest absolute Gasteiger partial charge is 0.489 e. The first-order valence-corrected chi connectivity index (χ1v) is 7.37. The van der Waals surface area contributed by atoms with Gasteiger partial charge in [-0.15, -0.1) is 0 Å². The maximum absolute atomic E-state index is 11.0. The van der Waals surface area contributed by atoms with Crippen LogP contribution in [0.2, 0.25) is 0 Å². The van der Waals surface area contributed by atoms with Gasteiger partial charge in [-0.1, -0.05) is 48.5 Å². The van der Waals surface area contributed by atoms with Gasteiger partial charge in [0.1, 0.15) is 19.0 Å². The molecular formula is C19H20O4. The van der Waals surface area contributed by atoms with Gasteiger partial charge in [0.15, 0.2) is 0 Å². The van der Waals surface area contributed by atoms with E-state index in [9.17, 15) is 9.90 Å². The molecule has 0 atom stereocenters. The number of aryl methyl sites for hydroxylation is 1. The molecule has 0 bridgehead atoms. The van der Waals surface area contributed by atoms with Crippen molar-refractivity contribution >= 4 is 5.97 Å². The molecule has 2 aromatic rings. The van der Waals surface area contributed by atoms with Crippen LogP contribution in [0.1, 0.15) is 11.1 Å². The first-order valence-electron chi connectivity index (χ1n) is 7.37. The number of hydrogen-bond donors (Lipinski definition) is 1. The van der Waals surface area contributed by atoms with Crippen molar-refractivity contribution < 1.29 is 19.4 Å². The molecule has 0 amide bonds. The third-order valence-electron chi connectivity index (χ3n) is 3.34. The maximum Gasteiger partial charge on any atom is 0.330 e. The highest BCUT2D eigenvalue weighted by molar-refractivity contribution is 5.81. The molecule has 0 unspecified atom stereocenters. The number of benzene rings is 2. The summed E-state index contributed by atoms with van der Waals surface area (Å²) in [5.74, 6) is 0.173. The quantitative estimate of drug-likeness (QED) is 0.484. The molecule has 0 saturated heterocycles. The van der Waals surface area contributed by atoms with Crippen LogP contribution < -0.4 is 4.74 Å². The van der Waals surface area contributed by atoms with Crippen molar-refractivity contribution in [3.8, 4) is 16.9 Å². The second-order valence-corrected chi connectivity index (χ2v) is 5.07. The monoisotopic (exact) mass is 312 g/mol. The van der Waals surface area contributed by atoms with Crippen LogP contribution in [0.15, 0.2) is 55.1 Å². The van der Waals surface area contributed by atoms with Gasteiger partial charge < -0.3 is 14.6 Å². The second-order valence-electron chi connectivity index (χ2n) is 5.07. The second kappa shape index (κ2) is 8.15. The maximum atomic E-state index is 11.0. The molecule has 0 aliphatic carbocycles. The zero-order valence-electron chi connectivity index (χ0n) is 13.1. The first-order chi connectivity index (χ1) is 11.1. The van der Waals surface area contributed by atoms with Gasteiger partial charge in [0.25, 0.3) is 0 Å². The predicted octanol–water partition coefficient (Wildman–Crippen LogP) is 3.26. The van der Waals surface area contributed by atoms with Crippen LogP contribution in [0.3, 0.4) is 0 Å². The Morgan fingerprint density at radius 2 is 1.91 bits per heavy atom. The van der Waals surface area contributed by atoms with E-state index in [1.807, 2.05) is 43.3 Å². The minimum Gasteiger partial charge on any atom is -0.489 e. The van der Waals surface area contributed by atoms with Crippen LogP contribution in [0.25, 0.3) is 11.1 Å². The molecule has 4 nitrogen and oxygen atoms in total. The summed E-state index contributed by atoms with van der Waals surface area (Å²) in [6.45, 7) is 5.68. The Morgan fingerprint density at radius 3 is 2.57 bits per heavy atom. The fraction of sp³-hybridized carbons (Fsp3) is 0.211. The highest BCUT2D eigenvalue weighted by Gasteiger charge is 2.08. The number of aliphatic hydroxyl groups excluding tert-OH is 1. The van der Waals surface area contributed by atoms with Gasteiger partial charge in [-0.25, -0.2) is 4.79 Å². The Kier molecular flexibility index (Phi) is 5.94. The summed E-state index contributed by atoms with van der Waals surface area (Å²) in [5.41, 5.74) is 3.90. The summed E-state index contributed by atoms with van der Waals surface area (Å²) >= 11 is 0. The van der Waals surface area contributed by atoms with Crippen molar-refractivity contribution in [3.63, 3.8) is 0 Å². The summed E-state index contributed by atoms with van der Waals surface area (Å²) < 4.78 is 10.6. The van der Waals surface area contributed by atoms with Crippen molar-refractivity contribution in [2.24, 2.45) is 0 Å². The van der Waals surface area contributed by atoms with E-state index in [0.717, 1.165) is 22.8 Å². The van der Waals surface area contributed by atoms with E-state index in [2.05, 4.69) is 6.58 Å². The van der Waals surface area contributed by atoms with Crippen LogP contribution in [0.5, 0.6) is 5.75 Å². The topological polar surface area (TPSA) is 55.8 Å². The molecule has 0 radical (unpaired) electrons. The average Bonchev–Trinajstić information content (AvgIpc) is 2.59. The van der Waals surface area contributed by atoms with Crippen molar-refractivity contribution in [1.29, 1.82) is 0 Å². The number of rotatable bonds is 7. The Bertz CT molecular complexity index is 674. The molecule has 0 aromatic heterocycles. The molecule has 2 rings (SSSR count). The number of carbonyl (C=O) groups is 1. The molecule has 0 spiro atoms. The van der Waals surface area contributed by atoms with E-state index in [1.54, 1.807) is 6.07 Å². The SMILES string of the molecule is C=CC(=O)OCCOc1cc(CO)ccc1-c1ccc(C)cc1. The molecule has 0 fully saturated rings. The van der Waals surface area contributed by atoms with E-state index >= 15 is 0 Å². The third-order valence-corrected chi connectivity index (χ3v) is 3.34. The molecule has 0 saturated carbocycles. The Labute approximate surface area is 136 Å². The zero-order chi connectivity index (χ0) is 16.7. The lowest BCUT2D eigenvalue weighted by atomic mass is 10.0. The summed E-state index contributed by atoms with van der Waals surface area (Å²) in [4.78, 5) is 11.0. The minimum absolute atomic E-state index is 0.0595. The number of aliphatic hydroxyl groups is 1. The van der Waals surface area contributed by atoms with Gasteiger partial charge in [-0.2, -0.15) is 0 Å². The van der Waals surface area contributed by atoms with E-state index < -0.39 is 5.97 Å². The van der Waals surface area contributed by atoms with E-state index in [-0.39, 0.29) is 19.8 Å². The normalized spacial score (nSPS) is 10.2. The first kappa shape index (κ1) is 16.8. The van der Waals surface area contributed by atoms with E-state index in [0.29, 0.717) is 5.75 Å². The molecule has 1 N–H and O–H groups in total. The van der Waals surface area contributed by atoms with Gasteiger partial charge in [-0.05, 0) is 24.1 Å². The fourth-order valence-corrected chi connectivity index (χ4v) is 2.11. The Hall–Kier alpha value is -2.59. The van der Waals surface area contributed by atoms with E-state index in [4.69, 9.17) is 9.47 Å². The lowest BCUT2D eigenvalue weighted by Gasteiger charge is -2.13. The highest BCUT2D eigenvalue weighted by atomic mass is 16.6. The molecular weight excluding hydrogens is 292 g/mol. The average molecular weight is 312 g/mol.